The van der Waals surface area contributed by atoms with Gasteiger partial charge < -0.3 is 20.7 Å². The fourth-order valence-electron chi connectivity index (χ4n) is 3.15. The first-order valence-corrected chi connectivity index (χ1v) is 11.5. The Balaban J connectivity index is 1.62. The minimum Gasteiger partial charge on any atom is -0.376 e. The van der Waals surface area contributed by atoms with Crippen molar-refractivity contribution >= 4 is 51.3 Å². The second-order valence-corrected chi connectivity index (χ2v) is 9.46. The Kier molecular flexibility index (Phi) is 7.54. The molecule has 0 saturated heterocycles. The molecule has 0 aliphatic carbocycles. The number of allylic oxidation sites excluding steroid dienone is 1. The van der Waals surface area contributed by atoms with Gasteiger partial charge in [0.05, 0.1) is 17.0 Å². The quantitative estimate of drug-likeness (QED) is 0.438. The third-order valence-corrected chi connectivity index (χ3v) is 7.44. The van der Waals surface area contributed by atoms with Gasteiger partial charge in [-0.1, -0.05) is 0 Å². The Morgan fingerprint density at radius 2 is 2.30 bits per heavy atom. The van der Waals surface area contributed by atoms with Crippen LogP contribution in [0.5, 0.6) is 0 Å². The normalized spacial score (nSPS) is 17.5. The number of rotatable bonds is 6. The average Bonchev–Trinajstić information content (AvgIpc) is 3.02. The summed E-state index contributed by atoms with van der Waals surface area (Å²) in [6.07, 6.45) is 5.88. The van der Waals surface area contributed by atoms with E-state index in [1.54, 1.807) is 23.1 Å². The van der Waals surface area contributed by atoms with Crippen LogP contribution in [0.2, 0.25) is 0 Å². The van der Waals surface area contributed by atoms with Crippen molar-refractivity contribution < 1.29 is 14.3 Å². The Morgan fingerprint density at radius 3 is 3.07 bits per heavy atom. The Bertz CT molecular complexity index is 789. The Hall–Kier alpha value is -1.13. The minimum atomic E-state index is -0.325. The van der Waals surface area contributed by atoms with Gasteiger partial charge in [-0.25, -0.2) is 4.79 Å². The van der Waals surface area contributed by atoms with Gasteiger partial charge in [-0.3, -0.25) is 4.79 Å². The van der Waals surface area contributed by atoms with Gasteiger partial charge >= 0.3 is 6.03 Å². The van der Waals surface area contributed by atoms with Crippen LogP contribution in [0.4, 0.5) is 4.79 Å². The standard InChI is InChI=1S/C18H22BrN3O3S2/c1-26-16-10-25-5-3-12(16)11(9-23)6-21-18(24)22-7-14-13-2-4-20-8-15(13)27-17(14)19/h6,9,20H,2-5,7-8,10H2,1H3,(H2,21,22,24)/b11-6+. The lowest BCUT2D eigenvalue weighted by molar-refractivity contribution is -0.104. The molecule has 0 saturated carbocycles. The maximum atomic E-state index is 12.2. The number of hydrogen-bond donors (Lipinski definition) is 3. The molecule has 6 nitrogen and oxygen atoms in total. The molecular formula is C18H22BrN3O3S2. The SMILES string of the molecule is CSC1=C(/C(C=O)=C/NC(=O)NCc2c(Br)sc3c2CCNC3)CCOC1. The number of hydrogen-bond acceptors (Lipinski definition) is 6. The summed E-state index contributed by atoms with van der Waals surface area (Å²) in [4.78, 5) is 26.1. The topological polar surface area (TPSA) is 79.5 Å². The van der Waals surface area contributed by atoms with E-state index in [0.29, 0.717) is 31.8 Å². The summed E-state index contributed by atoms with van der Waals surface area (Å²) in [6, 6.07) is -0.325. The summed E-state index contributed by atoms with van der Waals surface area (Å²) in [5.41, 5.74) is 3.92. The van der Waals surface area contributed by atoms with Crippen LogP contribution in [-0.2, 0) is 29.0 Å². The molecule has 2 amide bonds. The van der Waals surface area contributed by atoms with Gasteiger partial charge in [0.2, 0.25) is 0 Å². The van der Waals surface area contributed by atoms with E-state index in [9.17, 15) is 9.59 Å². The molecule has 0 unspecified atom stereocenters. The van der Waals surface area contributed by atoms with Crippen molar-refractivity contribution in [1.29, 1.82) is 0 Å². The van der Waals surface area contributed by atoms with Crippen LogP contribution >= 0.6 is 39.0 Å². The van der Waals surface area contributed by atoms with Crippen molar-refractivity contribution in [2.75, 3.05) is 26.0 Å². The molecule has 0 radical (unpaired) electrons. The lowest BCUT2D eigenvalue weighted by Gasteiger charge is -2.19. The van der Waals surface area contributed by atoms with Crippen LogP contribution in [0.1, 0.15) is 22.4 Å². The average molecular weight is 472 g/mol. The second-order valence-electron chi connectivity index (χ2n) is 6.14. The zero-order valence-corrected chi connectivity index (χ0v) is 18.2. The van der Waals surface area contributed by atoms with Crippen molar-refractivity contribution in [2.45, 2.75) is 25.9 Å². The predicted octanol–water partition coefficient (Wildman–Crippen LogP) is 3.08. The highest BCUT2D eigenvalue weighted by molar-refractivity contribution is 9.11. The van der Waals surface area contributed by atoms with Crippen molar-refractivity contribution in [3.8, 4) is 0 Å². The van der Waals surface area contributed by atoms with Crippen LogP contribution in [0, 0.1) is 0 Å². The molecule has 0 spiro atoms. The number of fused-ring (bicyclic) bond motifs is 1. The molecule has 27 heavy (non-hydrogen) atoms. The van der Waals surface area contributed by atoms with Crippen molar-refractivity contribution in [3.05, 3.63) is 42.0 Å². The summed E-state index contributed by atoms with van der Waals surface area (Å²) < 4.78 is 6.50. The Morgan fingerprint density at radius 1 is 1.44 bits per heavy atom. The molecule has 1 aromatic heterocycles. The first-order chi connectivity index (χ1) is 13.1. The molecule has 3 heterocycles. The van der Waals surface area contributed by atoms with Crippen LogP contribution in [0.3, 0.4) is 0 Å². The van der Waals surface area contributed by atoms with Crippen LogP contribution in [-0.4, -0.2) is 38.3 Å². The van der Waals surface area contributed by atoms with E-state index < -0.39 is 0 Å². The van der Waals surface area contributed by atoms with Crippen molar-refractivity contribution in [1.82, 2.24) is 16.0 Å². The lowest BCUT2D eigenvalue weighted by atomic mass is 10.0. The smallest absolute Gasteiger partial charge is 0.319 e. The van der Waals surface area contributed by atoms with Gasteiger partial charge in [0.25, 0.3) is 0 Å². The lowest BCUT2D eigenvalue weighted by Crippen LogP contribution is -2.33. The van der Waals surface area contributed by atoms with E-state index in [1.165, 1.54) is 16.6 Å². The van der Waals surface area contributed by atoms with Gasteiger partial charge in [-0.05, 0) is 58.3 Å². The molecule has 3 rings (SSSR count). The predicted molar refractivity (Wildman–Crippen MR) is 113 cm³/mol. The first kappa shape index (κ1) is 20.6. The molecule has 0 atom stereocenters. The second kappa shape index (κ2) is 9.88. The van der Waals surface area contributed by atoms with Gasteiger partial charge in [-0.15, -0.1) is 23.1 Å². The highest BCUT2D eigenvalue weighted by Gasteiger charge is 2.20. The monoisotopic (exact) mass is 471 g/mol. The number of carbonyl (C=O) groups excluding carboxylic acids is 2. The number of carbonyl (C=O) groups is 2. The third-order valence-electron chi connectivity index (χ3n) is 4.56. The van der Waals surface area contributed by atoms with Crippen LogP contribution < -0.4 is 16.0 Å². The van der Waals surface area contributed by atoms with E-state index >= 15 is 0 Å². The number of nitrogens with one attached hydrogen (secondary N) is 3. The largest absolute Gasteiger partial charge is 0.376 e. The highest BCUT2D eigenvalue weighted by atomic mass is 79.9. The number of thiophene rings is 1. The van der Waals surface area contributed by atoms with E-state index in [0.717, 1.165) is 45.6 Å². The van der Waals surface area contributed by atoms with Gasteiger partial charge in [-0.2, -0.15) is 0 Å². The third kappa shape index (κ3) is 5.03. The minimum absolute atomic E-state index is 0.325. The molecule has 2 aliphatic heterocycles. The summed E-state index contributed by atoms with van der Waals surface area (Å²) in [5.74, 6) is 0. The summed E-state index contributed by atoms with van der Waals surface area (Å²) >= 11 is 6.90. The summed E-state index contributed by atoms with van der Waals surface area (Å²) in [5, 5.41) is 8.93. The van der Waals surface area contributed by atoms with E-state index in [4.69, 9.17) is 4.74 Å². The molecule has 1 aromatic rings. The summed E-state index contributed by atoms with van der Waals surface area (Å²) in [7, 11) is 0. The molecule has 0 aromatic carbocycles. The zero-order chi connectivity index (χ0) is 19.2. The molecule has 0 bridgehead atoms. The van der Waals surface area contributed by atoms with E-state index in [2.05, 4.69) is 31.9 Å². The number of aldehydes is 1. The maximum Gasteiger partial charge on any atom is 0.319 e. The maximum absolute atomic E-state index is 12.2. The molecule has 0 fully saturated rings. The molecule has 3 N–H and O–H groups in total. The zero-order valence-electron chi connectivity index (χ0n) is 15.0. The highest BCUT2D eigenvalue weighted by Crippen LogP contribution is 2.35. The fourth-order valence-corrected chi connectivity index (χ4v) is 5.84. The molecule has 9 heteroatoms. The molecule has 2 aliphatic rings. The molecular weight excluding hydrogens is 450 g/mol. The molecule has 146 valence electrons. The van der Waals surface area contributed by atoms with Gasteiger partial charge in [0.15, 0.2) is 6.29 Å². The van der Waals surface area contributed by atoms with Gasteiger partial charge in [0, 0.05) is 34.6 Å². The number of ether oxygens (including phenoxy) is 1. The van der Waals surface area contributed by atoms with Crippen LogP contribution in [0.25, 0.3) is 0 Å². The fraction of sp³-hybridized carbons (Fsp3) is 0.444. The van der Waals surface area contributed by atoms with E-state index in [1.807, 2.05) is 6.26 Å². The number of amides is 2. The number of thioether (sulfide) groups is 1. The Labute approximate surface area is 175 Å². The van der Waals surface area contributed by atoms with Gasteiger partial charge in [0.1, 0.15) is 0 Å². The van der Waals surface area contributed by atoms with E-state index in [-0.39, 0.29) is 6.03 Å². The van der Waals surface area contributed by atoms with Crippen LogP contribution in [0.15, 0.2) is 26.0 Å². The number of urea groups is 1. The summed E-state index contributed by atoms with van der Waals surface area (Å²) in [6.45, 7) is 3.39. The first-order valence-electron chi connectivity index (χ1n) is 8.67. The van der Waals surface area contributed by atoms with Crippen molar-refractivity contribution in [2.24, 2.45) is 0 Å². The van der Waals surface area contributed by atoms with Crippen molar-refractivity contribution in [3.63, 3.8) is 0 Å². The number of halogens is 1.